The topological polar surface area (TPSA) is 49.7 Å². The van der Waals surface area contributed by atoms with E-state index in [1.165, 1.54) is 10.6 Å². The smallest absolute Gasteiger partial charge is 0.512 e. The number of hydrogen-bond acceptors (Lipinski definition) is 3. The molecule has 2 N–H and O–H groups in total. The van der Waals surface area contributed by atoms with Crippen LogP contribution >= 0.6 is 8.58 Å². The van der Waals surface area contributed by atoms with Crippen LogP contribution in [-0.4, -0.2) is 17.4 Å². The Labute approximate surface area is 138 Å². The van der Waals surface area contributed by atoms with Gasteiger partial charge in [0.15, 0.2) is 0 Å². The Morgan fingerprint density at radius 2 is 1.00 bits per heavy atom. The van der Waals surface area contributed by atoms with Gasteiger partial charge < -0.3 is 14.7 Å². The Kier molecular flexibility index (Phi) is 7.35. The summed E-state index contributed by atoms with van der Waals surface area (Å²) in [6, 6.07) is 29.7. The predicted molar refractivity (Wildman–Crippen MR) is 97.7 cm³/mol. The molecule has 3 rings (SSSR count). The molecule has 0 spiro atoms. The van der Waals surface area contributed by atoms with E-state index in [1.54, 1.807) is 24.3 Å². The lowest BCUT2D eigenvalue weighted by Crippen LogP contribution is -2.20. The summed E-state index contributed by atoms with van der Waals surface area (Å²) in [4.78, 5) is 0. The minimum Gasteiger partial charge on any atom is -0.512 e. The number of hydrogen-bond donors (Lipinski definition) is 2. The summed E-state index contributed by atoms with van der Waals surface area (Å²) in [5.41, 5.74) is 0. The van der Waals surface area contributed by atoms with E-state index in [2.05, 4.69) is 65.3 Å². The van der Waals surface area contributed by atoms with Crippen LogP contribution in [0.15, 0.2) is 91.0 Å². The van der Waals surface area contributed by atoms with Gasteiger partial charge in [0.05, 0.1) is 0 Å². The maximum Gasteiger partial charge on any atom is 0.707 e. The summed E-state index contributed by atoms with van der Waals surface area (Å²) in [5.74, 6) is 0.442. The van der Waals surface area contributed by atoms with E-state index in [9.17, 15) is 0 Å². The first-order valence-corrected chi connectivity index (χ1v) is 8.19. The molecule has 0 aromatic heterocycles. The van der Waals surface area contributed by atoms with Gasteiger partial charge in [0.2, 0.25) is 0 Å². The minimum atomic E-state index is -1.73. The van der Waals surface area contributed by atoms with Crippen molar-refractivity contribution in [3.05, 3.63) is 91.0 Å². The lowest BCUT2D eigenvalue weighted by atomic mass is 10.2. The minimum absolute atomic E-state index is 0.442. The summed E-state index contributed by atoms with van der Waals surface area (Å²) in [7, 11) is -0.957. The molecule has 0 atom stereocenters. The van der Waals surface area contributed by atoms with Crippen LogP contribution in [0.1, 0.15) is 0 Å². The van der Waals surface area contributed by atoms with Gasteiger partial charge in [-0.2, -0.15) is 0 Å². The molecule has 3 aromatic rings. The normalized spacial score (nSPS) is 9.48. The summed E-state index contributed by atoms with van der Waals surface area (Å²) in [6.07, 6.45) is 0. The van der Waals surface area contributed by atoms with Crippen molar-refractivity contribution >= 4 is 26.5 Å². The first-order chi connectivity index (χ1) is 11.2. The Balaban J connectivity index is 0.000000174. The van der Waals surface area contributed by atoms with Crippen molar-refractivity contribution in [1.29, 1.82) is 0 Å². The van der Waals surface area contributed by atoms with Crippen molar-refractivity contribution in [2.75, 3.05) is 0 Å². The summed E-state index contributed by atoms with van der Waals surface area (Å²) >= 11 is 0. The summed E-state index contributed by atoms with van der Waals surface area (Å²) in [5, 5.41) is 19.5. The fourth-order valence-electron chi connectivity index (χ4n) is 1.83. The monoisotopic (exact) mass is 324 g/mol. The molecule has 0 bridgehead atoms. The second-order valence-electron chi connectivity index (χ2n) is 4.61. The summed E-state index contributed by atoms with van der Waals surface area (Å²) in [6.45, 7) is 0. The molecule has 0 aliphatic heterocycles. The fraction of sp³-hybridized carbons (Fsp3) is 0. The molecule has 3 nitrogen and oxygen atoms in total. The molecule has 0 saturated heterocycles. The molecular weight excluding hydrogens is 306 g/mol. The molecule has 0 aliphatic rings. The highest BCUT2D eigenvalue weighted by Gasteiger charge is 2.09. The molecule has 0 aliphatic carbocycles. The van der Waals surface area contributed by atoms with Crippen LogP contribution in [-0.2, 0) is 0 Å². The number of rotatable bonds is 4. The van der Waals surface area contributed by atoms with Gasteiger partial charge in [-0.3, -0.25) is 0 Å². The SMILES string of the molecule is OB(O)Oc1ccccc1.c1ccc(Pc2ccccc2)cc1. The van der Waals surface area contributed by atoms with Gasteiger partial charge in [-0.1, -0.05) is 87.4 Å². The van der Waals surface area contributed by atoms with Crippen LogP contribution in [0.25, 0.3) is 0 Å². The molecule has 0 fully saturated rings. The molecule has 0 saturated carbocycles. The maximum atomic E-state index is 8.34. The number of para-hydroxylation sites is 1. The quantitative estimate of drug-likeness (QED) is 0.572. The zero-order valence-electron chi connectivity index (χ0n) is 12.5. The van der Waals surface area contributed by atoms with Gasteiger partial charge in [0.25, 0.3) is 0 Å². The van der Waals surface area contributed by atoms with E-state index < -0.39 is 7.32 Å². The Hall–Kier alpha value is -2.13. The van der Waals surface area contributed by atoms with Gasteiger partial charge in [-0.15, -0.1) is 0 Å². The average Bonchev–Trinajstić information content (AvgIpc) is 2.58. The van der Waals surface area contributed by atoms with Crippen molar-refractivity contribution in [3.8, 4) is 5.75 Å². The van der Waals surface area contributed by atoms with E-state index in [0.717, 1.165) is 8.58 Å². The highest BCUT2D eigenvalue weighted by molar-refractivity contribution is 7.55. The zero-order valence-corrected chi connectivity index (χ0v) is 13.5. The Morgan fingerprint density at radius 3 is 1.39 bits per heavy atom. The van der Waals surface area contributed by atoms with Crippen LogP contribution < -0.4 is 15.3 Å². The van der Waals surface area contributed by atoms with Crippen LogP contribution in [0.5, 0.6) is 5.75 Å². The van der Waals surface area contributed by atoms with Gasteiger partial charge >= 0.3 is 7.32 Å². The molecule has 23 heavy (non-hydrogen) atoms. The van der Waals surface area contributed by atoms with E-state index in [4.69, 9.17) is 10.0 Å². The molecule has 5 heteroatoms. The molecule has 3 aromatic carbocycles. The standard InChI is InChI=1S/C12H11P.C6H7BO3/c1-3-7-11(8-4-1)13-12-9-5-2-6-10-12;8-7(9)10-6-4-2-1-3-5-6/h1-10,13H;1-5,8-9H. The molecule has 0 unspecified atom stereocenters. The lowest BCUT2D eigenvalue weighted by Gasteiger charge is -2.01. The van der Waals surface area contributed by atoms with Crippen molar-refractivity contribution in [3.63, 3.8) is 0 Å². The molecule has 116 valence electrons. The molecule has 0 amide bonds. The molecule has 0 heterocycles. The van der Waals surface area contributed by atoms with Crippen LogP contribution in [0, 0.1) is 0 Å². The van der Waals surface area contributed by atoms with Crippen molar-refractivity contribution in [2.24, 2.45) is 0 Å². The van der Waals surface area contributed by atoms with Crippen LogP contribution in [0.4, 0.5) is 0 Å². The number of benzene rings is 3. The third-order valence-electron chi connectivity index (χ3n) is 2.82. The van der Waals surface area contributed by atoms with Gasteiger partial charge in [0, 0.05) is 0 Å². The van der Waals surface area contributed by atoms with E-state index in [-0.39, 0.29) is 0 Å². The first-order valence-electron chi connectivity index (χ1n) is 7.19. The van der Waals surface area contributed by atoms with Gasteiger partial charge in [-0.05, 0) is 22.7 Å². The highest BCUT2D eigenvalue weighted by Crippen LogP contribution is 2.09. The van der Waals surface area contributed by atoms with E-state index >= 15 is 0 Å². The van der Waals surface area contributed by atoms with Crippen molar-refractivity contribution in [2.45, 2.75) is 0 Å². The largest absolute Gasteiger partial charge is 0.707 e. The van der Waals surface area contributed by atoms with E-state index in [0.29, 0.717) is 5.75 Å². The third-order valence-corrected chi connectivity index (χ3v) is 4.06. The molecular formula is C18H18BO3P. The zero-order chi connectivity index (χ0) is 16.3. The Bertz CT molecular complexity index is 626. The van der Waals surface area contributed by atoms with Gasteiger partial charge in [0.1, 0.15) is 5.75 Å². The lowest BCUT2D eigenvalue weighted by molar-refractivity contribution is 0.288. The Morgan fingerprint density at radius 1 is 0.609 bits per heavy atom. The summed E-state index contributed by atoms with van der Waals surface area (Å²) < 4.78 is 4.53. The predicted octanol–water partition coefficient (Wildman–Crippen LogP) is 2.35. The maximum absolute atomic E-state index is 8.34. The van der Waals surface area contributed by atoms with E-state index in [1.807, 2.05) is 6.07 Å². The first kappa shape index (κ1) is 17.2. The van der Waals surface area contributed by atoms with Gasteiger partial charge in [-0.25, -0.2) is 0 Å². The third kappa shape index (κ3) is 7.12. The fourth-order valence-corrected chi connectivity index (χ4v) is 2.88. The van der Waals surface area contributed by atoms with Crippen LogP contribution in [0.2, 0.25) is 0 Å². The second-order valence-corrected chi connectivity index (χ2v) is 6.02. The van der Waals surface area contributed by atoms with Crippen LogP contribution in [0.3, 0.4) is 0 Å². The van der Waals surface area contributed by atoms with Crippen molar-refractivity contribution in [1.82, 2.24) is 0 Å². The van der Waals surface area contributed by atoms with Crippen molar-refractivity contribution < 1.29 is 14.7 Å². The average molecular weight is 324 g/mol. The second kappa shape index (κ2) is 9.80. The highest BCUT2D eigenvalue weighted by atomic mass is 31.1. The molecule has 0 radical (unpaired) electrons.